The minimum atomic E-state index is 0.243. The molecule has 4 nitrogen and oxygen atoms in total. The maximum atomic E-state index is 10.4. The third kappa shape index (κ3) is 0.731. The topological polar surface area (TPSA) is 44.1 Å². The molecular formula is C4H10N3O+. The van der Waals surface area contributed by atoms with Crippen LogP contribution in [0.25, 0.3) is 0 Å². The number of hydrogen-bond donors (Lipinski definition) is 2. The summed E-state index contributed by atoms with van der Waals surface area (Å²) in [5, 5.41) is 0. The van der Waals surface area contributed by atoms with Gasteiger partial charge in [0.2, 0.25) is 4.98 Å². The Balaban J connectivity index is 2.51. The Kier molecular flexibility index (Phi) is 1.08. The minimum absolute atomic E-state index is 0.243. The summed E-state index contributed by atoms with van der Waals surface area (Å²) in [4.78, 5) is 11.0. The van der Waals surface area contributed by atoms with Crippen molar-refractivity contribution in [3.05, 3.63) is 4.91 Å². The van der Waals surface area contributed by atoms with E-state index < -0.39 is 0 Å². The van der Waals surface area contributed by atoms with Crippen molar-refractivity contribution in [2.75, 3.05) is 0 Å². The first-order chi connectivity index (χ1) is 3.70. The van der Waals surface area contributed by atoms with Gasteiger partial charge in [-0.2, -0.15) is 0 Å². The molecule has 1 heterocycles. The van der Waals surface area contributed by atoms with Crippen LogP contribution in [0.15, 0.2) is 0 Å². The summed E-state index contributed by atoms with van der Waals surface area (Å²) in [6.45, 7) is 3.91. The lowest BCUT2D eigenvalue weighted by atomic mass is 10.2. The Bertz CT molecular complexity index is 102. The van der Waals surface area contributed by atoms with Crippen LogP contribution in [0.4, 0.5) is 0 Å². The fourth-order valence-corrected chi connectivity index (χ4v) is 0.631. The molecule has 1 aliphatic heterocycles. The van der Waals surface area contributed by atoms with E-state index in [0.717, 1.165) is 0 Å². The first-order valence-corrected chi connectivity index (χ1v) is 2.70. The molecule has 2 atom stereocenters. The molecular weight excluding hydrogens is 106 g/mol. The second-order valence-electron chi connectivity index (χ2n) is 2.13. The number of nitroso groups, excluding NO2 is 1. The number of nitrogens with zero attached hydrogens (tertiary/aromatic N) is 1. The van der Waals surface area contributed by atoms with Crippen LogP contribution in [-0.2, 0) is 0 Å². The van der Waals surface area contributed by atoms with E-state index in [1.54, 1.807) is 0 Å². The molecule has 0 amide bonds. The van der Waals surface area contributed by atoms with E-state index in [0.29, 0.717) is 4.98 Å². The van der Waals surface area contributed by atoms with Crippen molar-refractivity contribution in [3.63, 3.8) is 0 Å². The quantitative estimate of drug-likeness (QED) is 0.422. The Morgan fingerprint density at radius 3 is 1.75 bits per heavy atom. The van der Waals surface area contributed by atoms with Gasteiger partial charge in [-0.3, -0.25) is 0 Å². The first-order valence-electron chi connectivity index (χ1n) is 2.70. The molecule has 0 spiro atoms. The Morgan fingerprint density at radius 1 is 1.25 bits per heavy atom. The highest BCUT2D eigenvalue weighted by Gasteiger charge is 2.30. The highest BCUT2D eigenvalue weighted by Crippen LogP contribution is 1.95. The number of hydrazine groups is 2. The molecule has 4 heteroatoms. The van der Waals surface area contributed by atoms with Gasteiger partial charge in [0.25, 0.3) is 0 Å². The van der Waals surface area contributed by atoms with Crippen LogP contribution in [0.5, 0.6) is 0 Å². The summed E-state index contributed by atoms with van der Waals surface area (Å²) in [5.74, 6) is 0. The minimum Gasteiger partial charge on any atom is -0.118 e. The predicted octanol–water partition coefficient (Wildman–Crippen LogP) is -0.435. The van der Waals surface area contributed by atoms with Gasteiger partial charge in [0.1, 0.15) is 12.1 Å². The Labute approximate surface area is 47.8 Å². The van der Waals surface area contributed by atoms with Gasteiger partial charge < -0.3 is 0 Å². The van der Waals surface area contributed by atoms with Crippen molar-refractivity contribution in [1.29, 1.82) is 0 Å². The maximum absolute atomic E-state index is 10.4. The molecule has 1 fully saturated rings. The molecule has 0 aromatic heterocycles. The van der Waals surface area contributed by atoms with Crippen molar-refractivity contribution in [2.45, 2.75) is 25.9 Å². The van der Waals surface area contributed by atoms with Crippen molar-refractivity contribution >= 4 is 0 Å². The van der Waals surface area contributed by atoms with Crippen LogP contribution in [-0.4, -0.2) is 17.1 Å². The molecule has 0 aromatic carbocycles. The summed E-state index contributed by atoms with van der Waals surface area (Å²) < 4.78 is 0. The monoisotopic (exact) mass is 116 g/mol. The van der Waals surface area contributed by atoms with Gasteiger partial charge in [-0.1, -0.05) is 0 Å². The zero-order chi connectivity index (χ0) is 6.15. The molecule has 1 saturated heterocycles. The summed E-state index contributed by atoms with van der Waals surface area (Å²) in [6, 6.07) is 0.486. The molecule has 2 unspecified atom stereocenters. The average Bonchev–Trinajstić information content (AvgIpc) is 1.85. The van der Waals surface area contributed by atoms with E-state index in [9.17, 15) is 4.91 Å². The number of hydrogen-bond acceptors (Lipinski definition) is 1. The highest BCUT2D eigenvalue weighted by atomic mass is 16.4. The van der Waals surface area contributed by atoms with E-state index in [-0.39, 0.29) is 12.1 Å². The van der Waals surface area contributed by atoms with E-state index in [1.165, 1.54) is 0 Å². The van der Waals surface area contributed by atoms with Crippen LogP contribution >= 0.6 is 0 Å². The van der Waals surface area contributed by atoms with Crippen LogP contribution in [0.1, 0.15) is 13.8 Å². The van der Waals surface area contributed by atoms with Gasteiger partial charge in [-0.25, -0.2) is 0 Å². The van der Waals surface area contributed by atoms with Crippen LogP contribution in [0.2, 0.25) is 0 Å². The average molecular weight is 116 g/mol. The third-order valence-electron chi connectivity index (χ3n) is 1.39. The lowest BCUT2D eigenvalue weighted by Crippen LogP contribution is -2.26. The zero-order valence-electron chi connectivity index (χ0n) is 5.01. The van der Waals surface area contributed by atoms with Gasteiger partial charge in [0.05, 0.1) is 4.91 Å². The first kappa shape index (κ1) is 5.34. The molecule has 46 valence electrons. The molecule has 0 saturated carbocycles. The predicted molar refractivity (Wildman–Crippen MR) is 28.8 cm³/mol. The summed E-state index contributed by atoms with van der Waals surface area (Å²) >= 11 is 0. The van der Waals surface area contributed by atoms with Crippen LogP contribution < -0.4 is 10.9 Å². The van der Waals surface area contributed by atoms with E-state index in [4.69, 9.17) is 0 Å². The van der Waals surface area contributed by atoms with Gasteiger partial charge in [0.15, 0.2) is 0 Å². The highest BCUT2D eigenvalue weighted by molar-refractivity contribution is 4.69. The molecule has 0 radical (unpaired) electrons. The maximum Gasteiger partial charge on any atom is 0.246 e. The molecule has 1 aliphatic rings. The fourth-order valence-electron chi connectivity index (χ4n) is 0.631. The molecule has 0 aliphatic carbocycles. The van der Waals surface area contributed by atoms with E-state index in [1.807, 2.05) is 13.8 Å². The van der Waals surface area contributed by atoms with Gasteiger partial charge in [-0.15, -0.1) is 10.9 Å². The molecule has 1 rings (SSSR count). The molecule has 2 N–H and O–H groups in total. The summed E-state index contributed by atoms with van der Waals surface area (Å²) in [7, 11) is 0. The standard InChI is InChI=1S/C4H10N3O/c1-3-4(2)6-7(8)5-3/h3-4H,1-2H3,(H2,5,6,8)/q+1. The molecule has 0 aromatic rings. The van der Waals surface area contributed by atoms with Crippen molar-refractivity contribution < 1.29 is 4.98 Å². The zero-order valence-corrected chi connectivity index (χ0v) is 5.01. The second-order valence-corrected chi connectivity index (χ2v) is 2.13. The van der Waals surface area contributed by atoms with Crippen molar-refractivity contribution in [2.24, 2.45) is 0 Å². The molecule has 0 bridgehead atoms. The second kappa shape index (κ2) is 1.61. The normalized spacial score (nSPS) is 36.5. The fraction of sp³-hybridized carbons (Fsp3) is 1.00. The van der Waals surface area contributed by atoms with E-state index >= 15 is 0 Å². The summed E-state index contributed by atoms with van der Waals surface area (Å²) in [6.07, 6.45) is 0. The van der Waals surface area contributed by atoms with E-state index in [2.05, 4.69) is 10.9 Å². The van der Waals surface area contributed by atoms with Gasteiger partial charge >= 0.3 is 0 Å². The summed E-state index contributed by atoms with van der Waals surface area (Å²) in [5.41, 5.74) is 5.27. The largest absolute Gasteiger partial charge is 0.246 e. The van der Waals surface area contributed by atoms with Crippen molar-refractivity contribution in [1.82, 2.24) is 10.9 Å². The Hall–Kier alpha value is -0.800. The third-order valence-corrected chi connectivity index (χ3v) is 1.39. The number of nitrogens with one attached hydrogen (secondary N) is 2. The van der Waals surface area contributed by atoms with Gasteiger partial charge in [0, 0.05) is 0 Å². The SMILES string of the molecule is CC1N[N+](=O)NC1C. The number of rotatable bonds is 0. The lowest BCUT2D eigenvalue weighted by molar-refractivity contribution is -0.642. The van der Waals surface area contributed by atoms with Crippen molar-refractivity contribution in [3.8, 4) is 0 Å². The smallest absolute Gasteiger partial charge is 0.118 e. The van der Waals surface area contributed by atoms with Gasteiger partial charge in [-0.05, 0) is 13.8 Å². The van der Waals surface area contributed by atoms with Crippen LogP contribution in [0.3, 0.4) is 0 Å². The Morgan fingerprint density at radius 2 is 1.62 bits per heavy atom. The van der Waals surface area contributed by atoms with Crippen LogP contribution in [0, 0.1) is 4.91 Å². The molecule has 8 heavy (non-hydrogen) atoms. The lowest BCUT2D eigenvalue weighted by Gasteiger charge is -1.95.